The third-order valence-corrected chi connectivity index (χ3v) is 1.69. The molecule has 0 fully saturated rings. The van der Waals surface area contributed by atoms with Gasteiger partial charge in [-0.05, 0) is 12.1 Å². The molecule has 0 aliphatic rings. The second kappa shape index (κ2) is 4.82. The predicted molar refractivity (Wildman–Crippen MR) is 52.4 cm³/mol. The molecule has 0 amide bonds. The SMILES string of the molecule is COC(=O)C#Cc1cccc(O)c1C=O. The molecule has 0 aromatic heterocycles. The van der Waals surface area contributed by atoms with Crippen LogP contribution < -0.4 is 0 Å². The summed E-state index contributed by atoms with van der Waals surface area (Å²) >= 11 is 0. The van der Waals surface area contributed by atoms with E-state index in [1.54, 1.807) is 0 Å². The van der Waals surface area contributed by atoms with Gasteiger partial charge in [-0.3, -0.25) is 4.79 Å². The molecule has 15 heavy (non-hydrogen) atoms. The van der Waals surface area contributed by atoms with Gasteiger partial charge >= 0.3 is 5.97 Å². The lowest BCUT2D eigenvalue weighted by molar-refractivity contribution is -0.133. The normalized spacial score (nSPS) is 8.60. The molecule has 0 bridgehead atoms. The zero-order valence-corrected chi connectivity index (χ0v) is 7.98. The van der Waals surface area contributed by atoms with Gasteiger partial charge in [0.2, 0.25) is 0 Å². The molecule has 0 aliphatic carbocycles. The molecule has 0 saturated heterocycles. The highest BCUT2D eigenvalue weighted by Gasteiger charge is 2.04. The monoisotopic (exact) mass is 204 g/mol. The van der Waals surface area contributed by atoms with E-state index < -0.39 is 5.97 Å². The van der Waals surface area contributed by atoms with E-state index in [4.69, 9.17) is 0 Å². The first-order valence-corrected chi connectivity index (χ1v) is 4.06. The summed E-state index contributed by atoms with van der Waals surface area (Å²) in [7, 11) is 1.21. The van der Waals surface area contributed by atoms with E-state index in [2.05, 4.69) is 16.6 Å². The first-order valence-electron chi connectivity index (χ1n) is 4.06. The Balaban J connectivity index is 3.13. The van der Waals surface area contributed by atoms with E-state index >= 15 is 0 Å². The number of methoxy groups -OCH3 is 1. The van der Waals surface area contributed by atoms with Crippen LogP contribution in [0.3, 0.4) is 0 Å². The third kappa shape index (κ3) is 2.58. The highest BCUT2D eigenvalue weighted by atomic mass is 16.5. The largest absolute Gasteiger partial charge is 0.507 e. The minimum Gasteiger partial charge on any atom is -0.507 e. The Labute approximate surface area is 86.5 Å². The second-order valence-corrected chi connectivity index (χ2v) is 2.60. The molecule has 0 atom stereocenters. The first kappa shape index (κ1) is 10.8. The van der Waals surface area contributed by atoms with Crippen molar-refractivity contribution in [3.05, 3.63) is 29.3 Å². The van der Waals surface area contributed by atoms with Crippen LogP contribution in [0.4, 0.5) is 0 Å². The molecule has 0 unspecified atom stereocenters. The van der Waals surface area contributed by atoms with Gasteiger partial charge in [0.1, 0.15) is 5.75 Å². The molecule has 1 aromatic rings. The van der Waals surface area contributed by atoms with Crippen LogP contribution in [-0.4, -0.2) is 24.5 Å². The predicted octanol–water partition coefficient (Wildman–Crippen LogP) is 0.729. The van der Waals surface area contributed by atoms with Crippen molar-refractivity contribution >= 4 is 12.3 Å². The van der Waals surface area contributed by atoms with E-state index in [-0.39, 0.29) is 16.9 Å². The number of esters is 1. The summed E-state index contributed by atoms with van der Waals surface area (Å²) in [4.78, 5) is 21.3. The second-order valence-electron chi connectivity index (χ2n) is 2.60. The maximum Gasteiger partial charge on any atom is 0.384 e. The lowest BCUT2D eigenvalue weighted by Crippen LogP contribution is -1.95. The minimum atomic E-state index is -0.699. The molecule has 1 N–H and O–H groups in total. The summed E-state index contributed by atoms with van der Waals surface area (Å²) in [5.41, 5.74) is 0.351. The van der Waals surface area contributed by atoms with Crippen LogP contribution in [0.5, 0.6) is 5.75 Å². The third-order valence-electron chi connectivity index (χ3n) is 1.69. The van der Waals surface area contributed by atoms with Crippen molar-refractivity contribution < 1.29 is 19.4 Å². The van der Waals surface area contributed by atoms with Gasteiger partial charge < -0.3 is 9.84 Å². The number of phenolic OH excluding ortho intramolecular Hbond substituents is 1. The summed E-state index contributed by atoms with van der Waals surface area (Å²) in [6.45, 7) is 0. The summed E-state index contributed by atoms with van der Waals surface area (Å²) in [6.07, 6.45) is 0.483. The fraction of sp³-hybridized carbons (Fsp3) is 0.0909. The molecule has 76 valence electrons. The molecule has 4 heteroatoms. The van der Waals surface area contributed by atoms with Crippen molar-refractivity contribution in [2.24, 2.45) is 0 Å². The molecular formula is C11H8O4. The van der Waals surface area contributed by atoms with Crippen LogP contribution in [-0.2, 0) is 9.53 Å². The van der Waals surface area contributed by atoms with Gasteiger partial charge in [-0.25, -0.2) is 4.79 Å². The van der Waals surface area contributed by atoms with Crippen LogP contribution >= 0.6 is 0 Å². The highest BCUT2D eigenvalue weighted by Crippen LogP contribution is 2.17. The fourth-order valence-corrected chi connectivity index (χ4v) is 0.955. The molecule has 0 radical (unpaired) electrons. The number of ether oxygens (including phenoxy) is 1. The quantitative estimate of drug-likeness (QED) is 0.416. The van der Waals surface area contributed by atoms with Crippen molar-refractivity contribution in [3.63, 3.8) is 0 Å². The number of aldehydes is 1. The minimum absolute atomic E-state index is 0.0638. The topological polar surface area (TPSA) is 63.6 Å². The fourth-order valence-electron chi connectivity index (χ4n) is 0.955. The smallest absolute Gasteiger partial charge is 0.384 e. The Kier molecular flexibility index (Phi) is 3.47. The van der Waals surface area contributed by atoms with Gasteiger partial charge in [-0.1, -0.05) is 12.0 Å². The average Bonchev–Trinajstić information content (AvgIpc) is 2.25. The van der Waals surface area contributed by atoms with Crippen molar-refractivity contribution in [1.29, 1.82) is 0 Å². The molecule has 4 nitrogen and oxygen atoms in total. The van der Waals surface area contributed by atoms with Gasteiger partial charge in [0.15, 0.2) is 6.29 Å². The molecule has 0 spiro atoms. The van der Waals surface area contributed by atoms with Crippen LogP contribution in [0.1, 0.15) is 15.9 Å². The zero-order chi connectivity index (χ0) is 11.3. The van der Waals surface area contributed by atoms with Crippen LogP contribution in [0.25, 0.3) is 0 Å². The average molecular weight is 204 g/mol. The number of aromatic hydroxyl groups is 1. The molecule has 0 heterocycles. The van der Waals surface area contributed by atoms with Gasteiger partial charge in [0.05, 0.1) is 12.7 Å². The number of carbonyl (C=O) groups excluding carboxylic acids is 2. The number of benzene rings is 1. The van der Waals surface area contributed by atoms with E-state index in [1.165, 1.54) is 25.3 Å². The van der Waals surface area contributed by atoms with Gasteiger partial charge in [0.25, 0.3) is 0 Å². The summed E-state index contributed by atoms with van der Waals surface area (Å²) in [5, 5.41) is 9.30. The molecular weight excluding hydrogens is 196 g/mol. The maximum absolute atomic E-state index is 10.7. The Bertz CT molecular complexity index is 451. The van der Waals surface area contributed by atoms with E-state index in [0.717, 1.165) is 0 Å². The molecule has 1 aromatic carbocycles. The summed E-state index contributed by atoms with van der Waals surface area (Å²) in [6, 6.07) is 4.43. The number of phenols is 1. The van der Waals surface area contributed by atoms with Crippen molar-refractivity contribution in [3.8, 4) is 17.6 Å². The lowest BCUT2D eigenvalue weighted by Gasteiger charge is -1.98. The number of rotatable bonds is 1. The van der Waals surface area contributed by atoms with Crippen molar-refractivity contribution in [2.45, 2.75) is 0 Å². The number of carbonyl (C=O) groups is 2. The van der Waals surface area contributed by atoms with Gasteiger partial charge in [-0.15, -0.1) is 0 Å². The van der Waals surface area contributed by atoms with Crippen LogP contribution in [0.2, 0.25) is 0 Å². The standard InChI is InChI=1S/C11H8O4/c1-15-11(14)6-5-8-3-2-4-10(13)9(8)7-12/h2-4,7,13H,1H3. The van der Waals surface area contributed by atoms with Gasteiger partial charge in [-0.2, -0.15) is 0 Å². The van der Waals surface area contributed by atoms with Crippen molar-refractivity contribution in [2.75, 3.05) is 7.11 Å². The first-order chi connectivity index (χ1) is 7.19. The Morgan fingerprint density at radius 2 is 2.27 bits per heavy atom. The molecule has 1 rings (SSSR count). The number of hydrogen-bond donors (Lipinski definition) is 1. The Morgan fingerprint density at radius 1 is 1.53 bits per heavy atom. The summed E-state index contributed by atoms with van der Waals surface area (Å²) < 4.78 is 4.31. The zero-order valence-electron chi connectivity index (χ0n) is 7.98. The van der Waals surface area contributed by atoms with Gasteiger partial charge in [0, 0.05) is 11.5 Å². The van der Waals surface area contributed by atoms with Crippen LogP contribution in [0.15, 0.2) is 18.2 Å². The van der Waals surface area contributed by atoms with E-state index in [0.29, 0.717) is 6.29 Å². The lowest BCUT2D eigenvalue weighted by atomic mass is 10.1. The van der Waals surface area contributed by atoms with E-state index in [1.807, 2.05) is 0 Å². The Morgan fingerprint density at radius 3 is 2.87 bits per heavy atom. The number of hydrogen-bond acceptors (Lipinski definition) is 4. The van der Waals surface area contributed by atoms with Crippen LogP contribution in [0, 0.1) is 11.8 Å². The highest BCUT2D eigenvalue weighted by molar-refractivity contribution is 5.90. The molecule has 0 saturated carbocycles. The maximum atomic E-state index is 10.7. The van der Waals surface area contributed by atoms with E-state index in [9.17, 15) is 14.7 Å². The van der Waals surface area contributed by atoms with Crippen molar-refractivity contribution in [1.82, 2.24) is 0 Å². The summed E-state index contributed by atoms with van der Waals surface area (Å²) in [5.74, 6) is 3.75. The Hall–Kier alpha value is -2.28. The molecule has 0 aliphatic heterocycles.